The van der Waals surface area contributed by atoms with Gasteiger partial charge in [0.15, 0.2) is 0 Å². The summed E-state index contributed by atoms with van der Waals surface area (Å²) in [5, 5.41) is 8.48. The van der Waals surface area contributed by atoms with Crippen molar-refractivity contribution in [2.45, 2.75) is 6.61 Å². The van der Waals surface area contributed by atoms with Crippen LogP contribution in [0.5, 0.6) is 0 Å². The highest BCUT2D eigenvalue weighted by molar-refractivity contribution is 7.78. The summed E-state index contributed by atoms with van der Waals surface area (Å²) in [4.78, 5) is 3.77. The summed E-state index contributed by atoms with van der Waals surface area (Å²) in [5.74, 6) is 0.563. The van der Waals surface area contributed by atoms with E-state index in [9.17, 15) is 0 Å². The SMILES string of the molecule is OCc1nccn1S. The first-order valence-corrected chi connectivity index (χ1v) is 2.57. The summed E-state index contributed by atoms with van der Waals surface area (Å²) in [6.07, 6.45) is 3.24. The average molecular weight is 130 g/mol. The molecule has 3 nitrogen and oxygen atoms in total. The summed E-state index contributed by atoms with van der Waals surface area (Å²) in [7, 11) is 0. The molecule has 0 aromatic carbocycles. The molecule has 0 aliphatic rings. The second-order valence-electron chi connectivity index (χ2n) is 1.35. The Kier molecular flexibility index (Phi) is 1.55. The summed E-state index contributed by atoms with van der Waals surface area (Å²) in [6, 6.07) is 0. The number of nitrogens with zero attached hydrogens (tertiary/aromatic N) is 2. The monoisotopic (exact) mass is 130 g/mol. The molecule has 0 aliphatic heterocycles. The quantitative estimate of drug-likeness (QED) is 0.528. The Morgan fingerprint density at radius 3 is 2.88 bits per heavy atom. The van der Waals surface area contributed by atoms with Gasteiger partial charge in [-0.05, 0) is 0 Å². The molecule has 0 radical (unpaired) electrons. The van der Waals surface area contributed by atoms with E-state index >= 15 is 0 Å². The fourth-order valence-corrected chi connectivity index (χ4v) is 0.615. The second kappa shape index (κ2) is 2.19. The molecule has 44 valence electrons. The number of aromatic nitrogens is 2. The number of hydrogen-bond donors (Lipinski definition) is 2. The topological polar surface area (TPSA) is 38.1 Å². The molecule has 8 heavy (non-hydrogen) atoms. The normalized spacial score (nSPS) is 9.75. The maximum Gasteiger partial charge on any atom is 0.144 e. The number of aliphatic hydroxyl groups is 1. The molecular formula is C4H6N2OS. The predicted molar refractivity (Wildman–Crippen MR) is 32.5 cm³/mol. The van der Waals surface area contributed by atoms with Crippen LogP contribution >= 0.6 is 12.8 Å². The van der Waals surface area contributed by atoms with Gasteiger partial charge in [0.05, 0.1) is 0 Å². The van der Waals surface area contributed by atoms with Crippen LogP contribution in [-0.2, 0) is 6.61 Å². The van der Waals surface area contributed by atoms with E-state index in [4.69, 9.17) is 5.11 Å². The lowest BCUT2D eigenvalue weighted by Crippen LogP contribution is -1.90. The molecule has 0 aliphatic carbocycles. The molecule has 0 amide bonds. The van der Waals surface area contributed by atoms with Crippen molar-refractivity contribution in [2.24, 2.45) is 0 Å². The molecule has 1 N–H and O–H groups in total. The van der Waals surface area contributed by atoms with Gasteiger partial charge in [-0.25, -0.2) is 4.98 Å². The van der Waals surface area contributed by atoms with Crippen LogP contribution in [0.4, 0.5) is 0 Å². The Hall–Kier alpha value is -0.480. The first-order chi connectivity index (χ1) is 3.84. The third-order valence-corrected chi connectivity index (χ3v) is 1.20. The minimum absolute atomic E-state index is 0.0590. The molecule has 0 bridgehead atoms. The van der Waals surface area contributed by atoms with Crippen LogP contribution in [0.15, 0.2) is 12.4 Å². The number of rotatable bonds is 1. The first-order valence-electron chi connectivity index (χ1n) is 2.17. The summed E-state index contributed by atoms with van der Waals surface area (Å²) >= 11 is 3.92. The maximum absolute atomic E-state index is 8.48. The van der Waals surface area contributed by atoms with Gasteiger partial charge in [0.1, 0.15) is 12.4 Å². The Morgan fingerprint density at radius 1 is 1.88 bits per heavy atom. The molecule has 0 fully saturated rings. The van der Waals surface area contributed by atoms with Crippen LogP contribution in [0.3, 0.4) is 0 Å². The lowest BCUT2D eigenvalue weighted by atomic mass is 10.7. The zero-order chi connectivity index (χ0) is 5.98. The van der Waals surface area contributed by atoms with Crippen molar-refractivity contribution in [3.63, 3.8) is 0 Å². The van der Waals surface area contributed by atoms with Gasteiger partial charge in [0, 0.05) is 12.4 Å². The van der Waals surface area contributed by atoms with E-state index in [0.717, 1.165) is 0 Å². The molecule has 0 atom stereocenters. The van der Waals surface area contributed by atoms with Gasteiger partial charge >= 0.3 is 0 Å². The number of imidazole rings is 1. The van der Waals surface area contributed by atoms with Crippen LogP contribution in [-0.4, -0.2) is 14.1 Å². The van der Waals surface area contributed by atoms with E-state index in [1.807, 2.05) is 0 Å². The van der Waals surface area contributed by atoms with Crippen LogP contribution < -0.4 is 0 Å². The number of hydrogen-bond acceptors (Lipinski definition) is 3. The van der Waals surface area contributed by atoms with E-state index in [1.54, 1.807) is 12.4 Å². The van der Waals surface area contributed by atoms with Gasteiger partial charge in [-0.3, -0.25) is 3.97 Å². The Morgan fingerprint density at radius 2 is 2.62 bits per heavy atom. The Balaban J connectivity index is 2.92. The average Bonchev–Trinajstić information content (AvgIpc) is 2.14. The highest BCUT2D eigenvalue weighted by Crippen LogP contribution is 1.96. The zero-order valence-corrected chi connectivity index (χ0v) is 5.05. The van der Waals surface area contributed by atoms with Crippen molar-refractivity contribution in [2.75, 3.05) is 0 Å². The molecule has 1 aromatic heterocycles. The van der Waals surface area contributed by atoms with Gasteiger partial charge in [-0.15, -0.1) is 0 Å². The molecule has 1 rings (SSSR count). The van der Waals surface area contributed by atoms with E-state index < -0.39 is 0 Å². The molecule has 4 heteroatoms. The largest absolute Gasteiger partial charge is 0.388 e. The summed E-state index contributed by atoms with van der Waals surface area (Å²) < 4.78 is 1.47. The lowest BCUT2D eigenvalue weighted by molar-refractivity contribution is 0.271. The molecule has 0 saturated carbocycles. The van der Waals surface area contributed by atoms with Crippen LogP contribution in [0.2, 0.25) is 0 Å². The molecule has 1 heterocycles. The second-order valence-corrected chi connectivity index (χ2v) is 1.78. The van der Waals surface area contributed by atoms with Crippen molar-refractivity contribution in [3.05, 3.63) is 18.2 Å². The lowest BCUT2D eigenvalue weighted by Gasteiger charge is -1.90. The highest BCUT2D eigenvalue weighted by Gasteiger charge is 1.92. The number of thiol groups is 1. The fourth-order valence-electron chi connectivity index (χ4n) is 0.441. The molecule has 0 spiro atoms. The van der Waals surface area contributed by atoms with Crippen molar-refractivity contribution < 1.29 is 5.11 Å². The summed E-state index contributed by atoms with van der Waals surface area (Å²) in [5.41, 5.74) is 0. The molecule has 1 aromatic rings. The minimum Gasteiger partial charge on any atom is -0.388 e. The van der Waals surface area contributed by atoms with Gasteiger partial charge in [0.25, 0.3) is 0 Å². The molecule has 0 unspecified atom stereocenters. The third kappa shape index (κ3) is 0.850. The minimum atomic E-state index is -0.0590. The van der Waals surface area contributed by atoms with Crippen molar-refractivity contribution >= 4 is 12.8 Å². The van der Waals surface area contributed by atoms with E-state index in [2.05, 4.69) is 17.8 Å². The highest BCUT2D eigenvalue weighted by atomic mass is 32.1. The van der Waals surface area contributed by atoms with Gasteiger partial charge in [-0.2, -0.15) is 0 Å². The van der Waals surface area contributed by atoms with Gasteiger partial charge in [0.2, 0.25) is 0 Å². The Bertz CT molecular complexity index is 174. The maximum atomic E-state index is 8.48. The summed E-state index contributed by atoms with van der Waals surface area (Å²) in [6.45, 7) is -0.0590. The molecular weight excluding hydrogens is 124 g/mol. The van der Waals surface area contributed by atoms with E-state index in [0.29, 0.717) is 5.82 Å². The van der Waals surface area contributed by atoms with Crippen molar-refractivity contribution in [1.29, 1.82) is 0 Å². The van der Waals surface area contributed by atoms with Crippen molar-refractivity contribution in [1.82, 2.24) is 8.96 Å². The standard InChI is InChI=1S/C4H6N2OS/c7-3-4-5-1-2-6(4)8/h1-2,7-8H,3H2. The van der Waals surface area contributed by atoms with Crippen LogP contribution in [0, 0.1) is 0 Å². The van der Waals surface area contributed by atoms with E-state index in [-0.39, 0.29) is 6.61 Å². The van der Waals surface area contributed by atoms with Crippen molar-refractivity contribution in [3.8, 4) is 0 Å². The smallest absolute Gasteiger partial charge is 0.144 e. The van der Waals surface area contributed by atoms with Gasteiger partial charge < -0.3 is 5.11 Å². The van der Waals surface area contributed by atoms with Gasteiger partial charge in [-0.1, -0.05) is 12.8 Å². The number of aliphatic hydroxyl groups excluding tert-OH is 1. The Labute approximate surface area is 52.5 Å². The predicted octanol–water partition coefficient (Wildman–Crippen LogP) is 0.0683. The van der Waals surface area contributed by atoms with Crippen LogP contribution in [0.25, 0.3) is 0 Å². The first kappa shape index (κ1) is 5.65. The van der Waals surface area contributed by atoms with E-state index in [1.165, 1.54) is 3.97 Å². The third-order valence-electron chi connectivity index (χ3n) is 0.837. The van der Waals surface area contributed by atoms with Crippen LogP contribution in [0.1, 0.15) is 5.82 Å². The fraction of sp³-hybridized carbons (Fsp3) is 0.250. The molecule has 0 saturated heterocycles. The zero-order valence-electron chi connectivity index (χ0n) is 4.15.